The minimum absolute atomic E-state index is 0. The summed E-state index contributed by atoms with van der Waals surface area (Å²) in [6.45, 7) is 0. The van der Waals surface area contributed by atoms with Crippen LogP contribution in [0.1, 0.15) is 42.5 Å². The van der Waals surface area contributed by atoms with Gasteiger partial charge >= 0.3 is 0 Å². The molecule has 2 aliphatic rings. The van der Waals surface area contributed by atoms with Gasteiger partial charge in [-0.25, -0.2) is 0 Å². The van der Waals surface area contributed by atoms with Crippen molar-refractivity contribution in [3.8, 4) is 0 Å². The van der Waals surface area contributed by atoms with Crippen molar-refractivity contribution < 1.29 is 4.79 Å². The standard InChI is InChI=1S/C19H22ClN3O.2ClH/c20-16-7-6-15(18-14(16)5-2-8-22-18)19(24)23-17-11-3-1-4-12(17)10-13(21)9-11;;/h2,5-8,11-13,17H,1,3-4,9-10,21H2,(H,23,24);2*1H. The monoisotopic (exact) mass is 415 g/mol. The Morgan fingerprint density at radius 2 is 1.85 bits per heavy atom. The van der Waals surface area contributed by atoms with Crippen LogP contribution < -0.4 is 11.1 Å². The molecule has 26 heavy (non-hydrogen) atoms. The highest BCUT2D eigenvalue weighted by Crippen LogP contribution is 2.40. The number of fused-ring (bicyclic) bond motifs is 3. The van der Waals surface area contributed by atoms with Crippen molar-refractivity contribution in [3.63, 3.8) is 0 Å². The third-order valence-electron chi connectivity index (χ3n) is 5.64. The van der Waals surface area contributed by atoms with Crippen molar-refractivity contribution in [1.29, 1.82) is 0 Å². The molecule has 1 amide bonds. The molecule has 0 spiro atoms. The Labute approximate surface area is 171 Å². The zero-order valence-corrected chi connectivity index (χ0v) is 16.7. The maximum atomic E-state index is 12.9. The second kappa shape index (κ2) is 8.75. The van der Waals surface area contributed by atoms with Gasteiger partial charge in [-0.3, -0.25) is 9.78 Å². The van der Waals surface area contributed by atoms with Gasteiger partial charge in [-0.05, 0) is 61.8 Å². The summed E-state index contributed by atoms with van der Waals surface area (Å²) >= 11 is 6.23. The van der Waals surface area contributed by atoms with E-state index in [0.717, 1.165) is 31.1 Å². The predicted molar refractivity (Wildman–Crippen MR) is 111 cm³/mol. The normalized spacial score (nSPS) is 27.2. The van der Waals surface area contributed by atoms with E-state index in [4.69, 9.17) is 17.3 Å². The minimum atomic E-state index is -0.0484. The second-order valence-electron chi connectivity index (χ2n) is 7.18. The number of nitrogens with one attached hydrogen (secondary N) is 1. The van der Waals surface area contributed by atoms with Crippen molar-refractivity contribution in [2.24, 2.45) is 17.6 Å². The van der Waals surface area contributed by atoms with Crippen LogP contribution in [0.15, 0.2) is 30.5 Å². The van der Waals surface area contributed by atoms with Crippen LogP contribution in [0.3, 0.4) is 0 Å². The molecule has 2 aliphatic carbocycles. The van der Waals surface area contributed by atoms with Gasteiger partial charge in [-0.15, -0.1) is 24.8 Å². The number of hydrogen-bond acceptors (Lipinski definition) is 3. The molecule has 2 unspecified atom stereocenters. The number of hydrogen-bond donors (Lipinski definition) is 2. The molecule has 0 saturated heterocycles. The smallest absolute Gasteiger partial charge is 0.253 e. The molecule has 1 aromatic carbocycles. The van der Waals surface area contributed by atoms with Gasteiger partial charge in [0.15, 0.2) is 0 Å². The van der Waals surface area contributed by atoms with Gasteiger partial charge in [0.25, 0.3) is 5.91 Å². The van der Waals surface area contributed by atoms with E-state index in [1.165, 1.54) is 6.42 Å². The molecule has 2 fully saturated rings. The second-order valence-corrected chi connectivity index (χ2v) is 7.58. The van der Waals surface area contributed by atoms with Gasteiger partial charge in [0.2, 0.25) is 0 Å². The van der Waals surface area contributed by atoms with E-state index >= 15 is 0 Å². The number of aromatic nitrogens is 1. The predicted octanol–water partition coefficient (Wildman–Crippen LogP) is 4.37. The van der Waals surface area contributed by atoms with E-state index in [1.807, 2.05) is 12.1 Å². The van der Waals surface area contributed by atoms with Crippen molar-refractivity contribution >= 4 is 53.2 Å². The number of pyridine rings is 1. The van der Waals surface area contributed by atoms with E-state index in [1.54, 1.807) is 18.3 Å². The molecular formula is C19H24Cl3N3O. The first kappa shape index (κ1) is 21.2. The molecule has 1 heterocycles. The van der Waals surface area contributed by atoms with E-state index in [-0.39, 0.29) is 42.8 Å². The highest BCUT2D eigenvalue weighted by atomic mass is 35.5. The van der Waals surface area contributed by atoms with Crippen molar-refractivity contribution in [2.75, 3.05) is 0 Å². The lowest BCUT2D eigenvalue weighted by Gasteiger charge is -2.45. The van der Waals surface area contributed by atoms with Crippen LogP contribution in [-0.2, 0) is 0 Å². The van der Waals surface area contributed by atoms with Crippen LogP contribution in [0.4, 0.5) is 0 Å². The van der Waals surface area contributed by atoms with Crippen LogP contribution in [0.5, 0.6) is 0 Å². The SMILES string of the molecule is Cl.Cl.NC1CC2CCCC(C1)C2NC(=O)c1ccc(Cl)c2cccnc12. The molecule has 3 N–H and O–H groups in total. The summed E-state index contributed by atoms with van der Waals surface area (Å²) < 4.78 is 0. The van der Waals surface area contributed by atoms with Crippen LogP contribution in [0.2, 0.25) is 5.02 Å². The summed E-state index contributed by atoms with van der Waals surface area (Å²) in [6, 6.07) is 7.81. The number of halogens is 3. The number of rotatable bonds is 2. The molecule has 2 atom stereocenters. The highest BCUT2D eigenvalue weighted by molar-refractivity contribution is 6.36. The summed E-state index contributed by atoms with van der Waals surface area (Å²) in [5.74, 6) is 0.957. The Bertz CT molecular complexity index is 772. The number of carbonyl (C=O) groups is 1. The largest absolute Gasteiger partial charge is 0.349 e. The van der Waals surface area contributed by atoms with Gasteiger partial charge in [0, 0.05) is 23.7 Å². The molecule has 2 saturated carbocycles. The van der Waals surface area contributed by atoms with Gasteiger partial charge < -0.3 is 11.1 Å². The minimum Gasteiger partial charge on any atom is -0.349 e. The first-order chi connectivity index (χ1) is 11.6. The summed E-state index contributed by atoms with van der Waals surface area (Å²) in [5.41, 5.74) is 7.45. The Morgan fingerprint density at radius 3 is 2.54 bits per heavy atom. The van der Waals surface area contributed by atoms with E-state index in [9.17, 15) is 4.79 Å². The van der Waals surface area contributed by atoms with E-state index < -0.39 is 0 Å². The fraction of sp³-hybridized carbons (Fsp3) is 0.474. The molecule has 4 rings (SSSR count). The quantitative estimate of drug-likeness (QED) is 0.764. The maximum absolute atomic E-state index is 12.9. The third kappa shape index (κ3) is 3.94. The molecule has 2 aromatic rings. The maximum Gasteiger partial charge on any atom is 0.253 e. The summed E-state index contributed by atoms with van der Waals surface area (Å²) in [6.07, 6.45) is 7.30. The molecule has 2 bridgehead atoms. The summed E-state index contributed by atoms with van der Waals surface area (Å²) in [7, 11) is 0. The van der Waals surface area contributed by atoms with Crippen molar-refractivity contribution in [3.05, 3.63) is 41.0 Å². The van der Waals surface area contributed by atoms with Crippen molar-refractivity contribution in [2.45, 2.75) is 44.2 Å². The highest BCUT2D eigenvalue weighted by Gasteiger charge is 2.40. The molecular weight excluding hydrogens is 393 g/mol. The summed E-state index contributed by atoms with van der Waals surface area (Å²) in [5, 5.41) is 4.73. The fourth-order valence-electron chi connectivity index (χ4n) is 4.58. The Hall–Kier alpha value is -1.07. The Kier molecular flexibility index (Phi) is 7.14. The Balaban J connectivity index is 0.00000121. The molecule has 1 aromatic heterocycles. The zero-order valence-electron chi connectivity index (χ0n) is 14.4. The van der Waals surface area contributed by atoms with Crippen LogP contribution in [0, 0.1) is 11.8 Å². The van der Waals surface area contributed by atoms with Gasteiger partial charge in [-0.2, -0.15) is 0 Å². The third-order valence-corrected chi connectivity index (χ3v) is 5.97. The van der Waals surface area contributed by atoms with E-state index in [0.29, 0.717) is 27.9 Å². The van der Waals surface area contributed by atoms with E-state index in [2.05, 4.69) is 10.3 Å². The first-order valence-electron chi connectivity index (χ1n) is 8.73. The van der Waals surface area contributed by atoms with Gasteiger partial charge in [0.05, 0.1) is 16.1 Å². The Morgan fingerprint density at radius 1 is 1.15 bits per heavy atom. The number of nitrogens with two attached hydrogens (primary N) is 1. The average Bonchev–Trinajstić information content (AvgIpc) is 2.56. The van der Waals surface area contributed by atoms with Gasteiger partial charge in [0.1, 0.15) is 0 Å². The number of carbonyl (C=O) groups excluding carboxylic acids is 1. The molecule has 0 aliphatic heterocycles. The lowest BCUT2D eigenvalue weighted by molar-refractivity contribution is 0.0757. The first-order valence-corrected chi connectivity index (χ1v) is 9.11. The summed E-state index contributed by atoms with van der Waals surface area (Å²) in [4.78, 5) is 17.3. The number of amides is 1. The van der Waals surface area contributed by atoms with Crippen LogP contribution in [0.25, 0.3) is 10.9 Å². The van der Waals surface area contributed by atoms with Gasteiger partial charge in [-0.1, -0.05) is 18.0 Å². The topological polar surface area (TPSA) is 68.0 Å². The molecule has 4 nitrogen and oxygen atoms in total. The molecule has 7 heteroatoms. The van der Waals surface area contributed by atoms with Crippen LogP contribution in [-0.4, -0.2) is 23.0 Å². The van der Waals surface area contributed by atoms with Crippen LogP contribution >= 0.6 is 36.4 Å². The molecule has 142 valence electrons. The molecule has 0 radical (unpaired) electrons. The fourth-order valence-corrected chi connectivity index (χ4v) is 4.79. The number of nitrogens with zero attached hydrogens (tertiary/aromatic N) is 1. The average molecular weight is 417 g/mol. The zero-order chi connectivity index (χ0) is 16.7. The number of benzene rings is 1. The van der Waals surface area contributed by atoms with Crippen molar-refractivity contribution in [1.82, 2.24) is 10.3 Å². The lowest BCUT2D eigenvalue weighted by atomic mass is 9.67. The lowest BCUT2D eigenvalue weighted by Crippen LogP contribution is -2.53.